The lowest BCUT2D eigenvalue weighted by molar-refractivity contribution is 0.394. The molecule has 0 saturated carbocycles. The number of hydrogen-bond acceptors (Lipinski definition) is 1. The minimum atomic E-state index is 0.806. The lowest BCUT2D eigenvalue weighted by Gasteiger charge is -2.12. The molecule has 106 valence electrons. The first-order valence-corrected chi connectivity index (χ1v) is 7.53. The lowest BCUT2D eigenvalue weighted by atomic mass is 9.96. The molecule has 0 heterocycles. The Morgan fingerprint density at radius 2 is 1.70 bits per heavy atom. The Morgan fingerprint density at radius 3 is 2.40 bits per heavy atom. The predicted octanol–water partition coefficient (Wildman–Crippen LogP) is 4.89. The topological polar surface area (TPSA) is 3.24 Å². The summed E-state index contributed by atoms with van der Waals surface area (Å²) in [6.07, 6.45) is 3.54. The molecule has 0 fully saturated rings. The van der Waals surface area contributed by atoms with Gasteiger partial charge in [0, 0.05) is 5.02 Å². The van der Waals surface area contributed by atoms with Crippen molar-refractivity contribution in [1.29, 1.82) is 0 Å². The number of rotatable bonds is 6. The smallest absolute Gasteiger partial charge is 0.0412 e. The molecule has 0 radical (unpaired) electrons. The fourth-order valence-corrected chi connectivity index (χ4v) is 2.57. The molecule has 1 nitrogen and oxygen atoms in total. The molecule has 0 spiro atoms. The quantitative estimate of drug-likeness (QED) is 0.684. The van der Waals surface area contributed by atoms with E-state index in [1.807, 2.05) is 12.1 Å². The highest BCUT2D eigenvalue weighted by Gasteiger charge is 2.06. The zero-order chi connectivity index (χ0) is 14.4. The standard InChI is InChI=1S/C18H22ClN/c1-20(2)13-7-6-10-16-11-12-17(19)14-18(16)15-8-4-3-5-9-15/h3-5,8-9,11-12,14H,6-7,10,13H2,1-2H3. The molecular formula is C18H22ClN. The molecule has 0 N–H and O–H groups in total. The van der Waals surface area contributed by atoms with Crippen LogP contribution in [0.4, 0.5) is 0 Å². The summed E-state index contributed by atoms with van der Waals surface area (Å²) in [5.41, 5.74) is 3.90. The van der Waals surface area contributed by atoms with E-state index in [2.05, 4.69) is 55.4 Å². The molecule has 2 aromatic carbocycles. The second-order valence-electron chi connectivity index (χ2n) is 5.43. The monoisotopic (exact) mass is 287 g/mol. The Morgan fingerprint density at radius 1 is 0.950 bits per heavy atom. The molecule has 0 amide bonds. The van der Waals surface area contributed by atoms with E-state index < -0.39 is 0 Å². The number of benzene rings is 2. The summed E-state index contributed by atoms with van der Waals surface area (Å²) in [4.78, 5) is 2.24. The van der Waals surface area contributed by atoms with Gasteiger partial charge in [0.15, 0.2) is 0 Å². The Labute approximate surface area is 127 Å². The van der Waals surface area contributed by atoms with Crippen molar-refractivity contribution in [3.05, 3.63) is 59.1 Å². The van der Waals surface area contributed by atoms with Crippen LogP contribution in [0, 0.1) is 0 Å². The van der Waals surface area contributed by atoms with E-state index in [9.17, 15) is 0 Å². The van der Waals surface area contributed by atoms with Gasteiger partial charge in [0.25, 0.3) is 0 Å². The van der Waals surface area contributed by atoms with Crippen molar-refractivity contribution in [2.45, 2.75) is 19.3 Å². The van der Waals surface area contributed by atoms with Crippen LogP contribution >= 0.6 is 11.6 Å². The zero-order valence-electron chi connectivity index (χ0n) is 12.3. The molecule has 0 aliphatic carbocycles. The van der Waals surface area contributed by atoms with Crippen LogP contribution in [0.25, 0.3) is 11.1 Å². The number of aryl methyl sites for hydroxylation is 1. The molecule has 0 atom stereocenters. The van der Waals surface area contributed by atoms with E-state index >= 15 is 0 Å². The first kappa shape index (κ1) is 15.1. The summed E-state index contributed by atoms with van der Waals surface area (Å²) in [5.74, 6) is 0. The van der Waals surface area contributed by atoms with Gasteiger partial charge in [-0.1, -0.05) is 48.0 Å². The van der Waals surface area contributed by atoms with Crippen LogP contribution in [0.1, 0.15) is 18.4 Å². The predicted molar refractivity (Wildman–Crippen MR) is 88.4 cm³/mol. The largest absolute Gasteiger partial charge is 0.309 e. The number of unbranched alkanes of at least 4 members (excludes halogenated alkanes) is 1. The van der Waals surface area contributed by atoms with Gasteiger partial charge in [-0.25, -0.2) is 0 Å². The third kappa shape index (κ3) is 4.36. The SMILES string of the molecule is CN(C)CCCCc1ccc(Cl)cc1-c1ccccc1. The summed E-state index contributed by atoms with van der Waals surface area (Å²) in [6.45, 7) is 1.15. The fraction of sp³-hybridized carbons (Fsp3) is 0.333. The van der Waals surface area contributed by atoms with Crippen LogP contribution in [0.3, 0.4) is 0 Å². The fourth-order valence-electron chi connectivity index (χ4n) is 2.40. The Bertz CT molecular complexity index is 534. The van der Waals surface area contributed by atoms with E-state index in [4.69, 9.17) is 11.6 Å². The molecule has 0 unspecified atom stereocenters. The molecule has 20 heavy (non-hydrogen) atoms. The minimum Gasteiger partial charge on any atom is -0.309 e. The lowest BCUT2D eigenvalue weighted by Crippen LogP contribution is -2.12. The summed E-state index contributed by atoms with van der Waals surface area (Å²) >= 11 is 6.16. The van der Waals surface area contributed by atoms with Crippen LogP contribution < -0.4 is 0 Å². The van der Waals surface area contributed by atoms with Crippen LogP contribution in [-0.4, -0.2) is 25.5 Å². The van der Waals surface area contributed by atoms with E-state index in [-0.39, 0.29) is 0 Å². The van der Waals surface area contributed by atoms with Gasteiger partial charge in [-0.15, -0.1) is 0 Å². The number of halogens is 1. The van der Waals surface area contributed by atoms with Gasteiger partial charge in [0.05, 0.1) is 0 Å². The van der Waals surface area contributed by atoms with Crippen molar-refractivity contribution in [2.24, 2.45) is 0 Å². The second kappa shape index (κ2) is 7.47. The molecule has 0 aliphatic heterocycles. The normalized spacial score (nSPS) is 11.0. The number of nitrogens with zero attached hydrogens (tertiary/aromatic N) is 1. The Balaban J connectivity index is 2.12. The molecule has 2 rings (SSSR count). The van der Waals surface area contributed by atoms with Gasteiger partial charge in [-0.2, -0.15) is 0 Å². The Hall–Kier alpha value is -1.31. The molecule has 2 heteroatoms. The van der Waals surface area contributed by atoms with Gasteiger partial charge in [-0.05, 0) is 68.7 Å². The van der Waals surface area contributed by atoms with E-state index in [0.29, 0.717) is 0 Å². The van der Waals surface area contributed by atoms with Crippen molar-refractivity contribution in [1.82, 2.24) is 4.90 Å². The van der Waals surface area contributed by atoms with Crippen molar-refractivity contribution in [3.63, 3.8) is 0 Å². The van der Waals surface area contributed by atoms with E-state index in [1.165, 1.54) is 29.5 Å². The summed E-state index contributed by atoms with van der Waals surface area (Å²) < 4.78 is 0. The zero-order valence-corrected chi connectivity index (χ0v) is 13.0. The second-order valence-corrected chi connectivity index (χ2v) is 5.86. The summed E-state index contributed by atoms with van der Waals surface area (Å²) in [7, 11) is 4.25. The van der Waals surface area contributed by atoms with Crippen LogP contribution in [0.2, 0.25) is 5.02 Å². The van der Waals surface area contributed by atoms with Gasteiger partial charge >= 0.3 is 0 Å². The third-order valence-corrected chi connectivity index (χ3v) is 3.69. The van der Waals surface area contributed by atoms with Crippen molar-refractivity contribution in [3.8, 4) is 11.1 Å². The molecule has 0 aromatic heterocycles. The maximum atomic E-state index is 6.16. The molecule has 2 aromatic rings. The van der Waals surface area contributed by atoms with Crippen molar-refractivity contribution >= 4 is 11.6 Å². The highest BCUT2D eigenvalue weighted by Crippen LogP contribution is 2.28. The van der Waals surface area contributed by atoms with Crippen LogP contribution in [-0.2, 0) is 6.42 Å². The molecule has 0 aliphatic rings. The van der Waals surface area contributed by atoms with Gasteiger partial charge < -0.3 is 4.90 Å². The van der Waals surface area contributed by atoms with E-state index in [0.717, 1.165) is 18.0 Å². The average Bonchev–Trinajstić information content (AvgIpc) is 2.45. The van der Waals surface area contributed by atoms with E-state index in [1.54, 1.807) is 0 Å². The molecule has 0 saturated heterocycles. The summed E-state index contributed by atoms with van der Waals surface area (Å²) in [5, 5.41) is 0.806. The average molecular weight is 288 g/mol. The molecule has 0 bridgehead atoms. The van der Waals surface area contributed by atoms with Crippen LogP contribution in [0.15, 0.2) is 48.5 Å². The Kier molecular flexibility index (Phi) is 5.63. The van der Waals surface area contributed by atoms with Crippen LogP contribution in [0.5, 0.6) is 0 Å². The minimum absolute atomic E-state index is 0.806. The van der Waals surface area contributed by atoms with Gasteiger partial charge in [0.1, 0.15) is 0 Å². The maximum Gasteiger partial charge on any atom is 0.0412 e. The van der Waals surface area contributed by atoms with Crippen molar-refractivity contribution in [2.75, 3.05) is 20.6 Å². The summed E-state index contributed by atoms with van der Waals surface area (Å²) in [6, 6.07) is 16.7. The van der Waals surface area contributed by atoms with Gasteiger partial charge in [-0.3, -0.25) is 0 Å². The van der Waals surface area contributed by atoms with Crippen molar-refractivity contribution < 1.29 is 0 Å². The number of hydrogen-bond donors (Lipinski definition) is 0. The highest BCUT2D eigenvalue weighted by molar-refractivity contribution is 6.30. The first-order valence-electron chi connectivity index (χ1n) is 7.15. The first-order chi connectivity index (χ1) is 9.66. The third-order valence-electron chi connectivity index (χ3n) is 3.46. The maximum absolute atomic E-state index is 6.16. The highest BCUT2D eigenvalue weighted by atomic mass is 35.5. The van der Waals surface area contributed by atoms with Gasteiger partial charge in [0.2, 0.25) is 0 Å². The molecular weight excluding hydrogens is 266 g/mol.